The number of H-pyrrole nitrogens is 1. The van der Waals surface area contributed by atoms with Crippen molar-refractivity contribution in [2.75, 3.05) is 13.2 Å². The number of hydrogen-bond acceptors (Lipinski definition) is 4. The zero-order chi connectivity index (χ0) is 14.9. The van der Waals surface area contributed by atoms with Crippen molar-refractivity contribution in [1.82, 2.24) is 25.1 Å². The van der Waals surface area contributed by atoms with Gasteiger partial charge in [0.1, 0.15) is 17.9 Å². The number of ether oxygens (including phenoxy) is 1. The van der Waals surface area contributed by atoms with E-state index in [2.05, 4.69) is 20.4 Å². The number of nitrogens with zero attached hydrogens (tertiary/aromatic N) is 3. The van der Waals surface area contributed by atoms with E-state index in [0.29, 0.717) is 19.6 Å². The van der Waals surface area contributed by atoms with E-state index in [1.165, 1.54) is 0 Å². The van der Waals surface area contributed by atoms with Gasteiger partial charge in [-0.25, -0.2) is 4.98 Å². The van der Waals surface area contributed by atoms with Gasteiger partial charge in [0.15, 0.2) is 0 Å². The van der Waals surface area contributed by atoms with Gasteiger partial charge in [0.05, 0.1) is 12.3 Å². The van der Waals surface area contributed by atoms with Gasteiger partial charge >= 0.3 is 0 Å². The van der Waals surface area contributed by atoms with Gasteiger partial charge in [0.2, 0.25) is 5.91 Å². The van der Waals surface area contributed by atoms with Crippen LogP contribution in [-0.4, -0.2) is 38.9 Å². The lowest BCUT2D eigenvalue weighted by molar-refractivity contribution is -0.124. The van der Waals surface area contributed by atoms with Crippen molar-refractivity contribution < 1.29 is 9.53 Å². The molecule has 1 atom stereocenters. The molecule has 1 unspecified atom stereocenters. The van der Waals surface area contributed by atoms with Crippen molar-refractivity contribution in [3.8, 4) is 0 Å². The standard InChI is InChI=1S/C14H19N5O2/c1-10-7-11(2)19(18-10)8-12(20)17-14(3-6-21-9-14)13-15-4-5-16-13/h4-5,7H,3,6,8-9H2,1-2H3,(H,15,16)(H,17,20). The first kappa shape index (κ1) is 13.8. The summed E-state index contributed by atoms with van der Waals surface area (Å²) in [6.07, 6.45) is 4.15. The number of amides is 1. The number of aromatic nitrogens is 4. The van der Waals surface area contributed by atoms with Crippen LogP contribution in [0.3, 0.4) is 0 Å². The number of carbonyl (C=O) groups is 1. The van der Waals surface area contributed by atoms with E-state index in [1.807, 2.05) is 19.9 Å². The fraction of sp³-hybridized carbons (Fsp3) is 0.500. The summed E-state index contributed by atoms with van der Waals surface area (Å²) >= 11 is 0. The molecule has 0 aromatic carbocycles. The smallest absolute Gasteiger partial charge is 0.242 e. The maximum absolute atomic E-state index is 12.4. The molecule has 1 saturated heterocycles. The largest absolute Gasteiger partial charge is 0.378 e. The van der Waals surface area contributed by atoms with Crippen molar-refractivity contribution in [3.63, 3.8) is 0 Å². The highest BCUT2D eigenvalue weighted by Gasteiger charge is 2.40. The van der Waals surface area contributed by atoms with Crippen LogP contribution in [0.5, 0.6) is 0 Å². The molecule has 2 aromatic rings. The SMILES string of the molecule is Cc1cc(C)n(CC(=O)NC2(c3ncc[nH]3)CCOC2)n1. The Morgan fingerprint density at radius 3 is 3.00 bits per heavy atom. The van der Waals surface area contributed by atoms with Crippen LogP contribution in [0.15, 0.2) is 18.5 Å². The summed E-state index contributed by atoms with van der Waals surface area (Å²) in [4.78, 5) is 19.7. The molecule has 3 rings (SSSR count). The highest BCUT2D eigenvalue weighted by Crippen LogP contribution is 2.27. The molecule has 1 amide bonds. The minimum atomic E-state index is -0.559. The van der Waals surface area contributed by atoms with Gasteiger partial charge < -0.3 is 15.0 Å². The van der Waals surface area contributed by atoms with Gasteiger partial charge in [-0.1, -0.05) is 0 Å². The molecule has 0 aliphatic carbocycles. The topological polar surface area (TPSA) is 84.8 Å². The average molecular weight is 289 g/mol. The second-order valence-corrected chi connectivity index (χ2v) is 5.46. The molecule has 112 valence electrons. The summed E-state index contributed by atoms with van der Waals surface area (Å²) in [5.74, 6) is 0.643. The number of imidazole rings is 1. The van der Waals surface area contributed by atoms with Gasteiger partial charge in [-0.3, -0.25) is 9.48 Å². The first-order valence-corrected chi connectivity index (χ1v) is 6.99. The first-order valence-electron chi connectivity index (χ1n) is 6.99. The summed E-state index contributed by atoms with van der Waals surface area (Å²) in [5, 5.41) is 7.37. The third kappa shape index (κ3) is 2.69. The number of aryl methyl sites for hydroxylation is 2. The Morgan fingerprint density at radius 2 is 2.43 bits per heavy atom. The third-order valence-electron chi connectivity index (χ3n) is 3.75. The van der Waals surface area contributed by atoms with Crippen LogP contribution in [0.25, 0.3) is 0 Å². The molecule has 2 N–H and O–H groups in total. The van der Waals surface area contributed by atoms with Gasteiger partial charge in [0.25, 0.3) is 0 Å². The summed E-state index contributed by atoms with van der Waals surface area (Å²) in [7, 11) is 0. The maximum atomic E-state index is 12.4. The fourth-order valence-corrected chi connectivity index (χ4v) is 2.71. The van der Waals surface area contributed by atoms with Gasteiger partial charge in [0, 0.05) is 31.1 Å². The molecule has 0 bridgehead atoms. The van der Waals surface area contributed by atoms with Gasteiger partial charge in [-0.15, -0.1) is 0 Å². The van der Waals surface area contributed by atoms with E-state index in [4.69, 9.17) is 4.74 Å². The molecule has 3 heterocycles. The van der Waals surface area contributed by atoms with Crippen LogP contribution >= 0.6 is 0 Å². The second kappa shape index (κ2) is 5.33. The Labute approximate surface area is 122 Å². The van der Waals surface area contributed by atoms with Crippen LogP contribution in [0.1, 0.15) is 23.6 Å². The van der Waals surface area contributed by atoms with Gasteiger partial charge in [-0.05, 0) is 19.9 Å². The summed E-state index contributed by atoms with van der Waals surface area (Å²) in [5.41, 5.74) is 1.32. The van der Waals surface area contributed by atoms with Gasteiger partial charge in [-0.2, -0.15) is 5.10 Å². The molecule has 0 radical (unpaired) electrons. The third-order valence-corrected chi connectivity index (χ3v) is 3.75. The molecule has 7 nitrogen and oxygen atoms in total. The molecular formula is C14H19N5O2. The molecule has 1 fully saturated rings. The van der Waals surface area contributed by atoms with E-state index in [1.54, 1.807) is 17.1 Å². The lowest BCUT2D eigenvalue weighted by Crippen LogP contribution is -2.48. The zero-order valence-electron chi connectivity index (χ0n) is 12.2. The number of carbonyl (C=O) groups excluding carboxylic acids is 1. The predicted octanol–water partition coefficient (Wildman–Crippen LogP) is 0.655. The van der Waals surface area contributed by atoms with Crippen LogP contribution in [0.4, 0.5) is 0 Å². The number of rotatable bonds is 4. The molecule has 21 heavy (non-hydrogen) atoms. The lowest BCUT2D eigenvalue weighted by atomic mass is 9.97. The minimum Gasteiger partial charge on any atom is -0.378 e. The Morgan fingerprint density at radius 1 is 1.57 bits per heavy atom. The highest BCUT2D eigenvalue weighted by atomic mass is 16.5. The van der Waals surface area contributed by atoms with E-state index in [-0.39, 0.29) is 12.5 Å². The van der Waals surface area contributed by atoms with E-state index in [9.17, 15) is 4.79 Å². The number of hydrogen-bond donors (Lipinski definition) is 2. The highest BCUT2D eigenvalue weighted by molar-refractivity contribution is 5.76. The molecular weight excluding hydrogens is 270 g/mol. The minimum absolute atomic E-state index is 0.0944. The van der Waals surface area contributed by atoms with Crippen molar-refractivity contribution in [2.45, 2.75) is 32.4 Å². The lowest BCUT2D eigenvalue weighted by Gasteiger charge is -2.26. The molecule has 1 aliphatic rings. The van der Waals surface area contributed by atoms with Crippen molar-refractivity contribution in [2.24, 2.45) is 0 Å². The average Bonchev–Trinajstić information content (AvgIpc) is 3.12. The molecule has 0 saturated carbocycles. The quantitative estimate of drug-likeness (QED) is 0.865. The fourth-order valence-electron chi connectivity index (χ4n) is 2.71. The molecule has 7 heteroatoms. The molecule has 1 aliphatic heterocycles. The van der Waals surface area contributed by atoms with Crippen LogP contribution in [0, 0.1) is 13.8 Å². The van der Waals surface area contributed by atoms with Crippen LogP contribution in [-0.2, 0) is 21.6 Å². The first-order chi connectivity index (χ1) is 10.1. The Hall–Kier alpha value is -2.15. The van der Waals surface area contributed by atoms with Crippen LogP contribution < -0.4 is 5.32 Å². The zero-order valence-corrected chi connectivity index (χ0v) is 12.2. The predicted molar refractivity (Wildman–Crippen MR) is 75.5 cm³/mol. The van der Waals surface area contributed by atoms with E-state index < -0.39 is 5.54 Å². The number of nitrogens with one attached hydrogen (secondary N) is 2. The Bertz CT molecular complexity index is 626. The van der Waals surface area contributed by atoms with Crippen molar-refractivity contribution in [3.05, 3.63) is 35.7 Å². The van der Waals surface area contributed by atoms with Crippen molar-refractivity contribution >= 4 is 5.91 Å². The Balaban J connectivity index is 1.75. The van der Waals surface area contributed by atoms with Crippen molar-refractivity contribution in [1.29, 1.82) is 0 Å². The summed E-state index contributed by atoms with van der Waals surface area (Å²) in [6, 6.07) is 1.95. The number of aromatic amines is 1. The summed E-state index contributed by atoms with van der Waals surface area (Å²) in [6.45, 7) is 5.09. The Kier molecular flexibility index (Phi) is 3.50. The van der Waals surface area contributed by atoms with Crippen LogP contribution in [0.2, 0.25) is 0 Å². The maximum Gasteiger partial charge on any atom is 0.242 e. The molecule has 0 spiro atoms. The summed E-state index contributed by atoms with van der Waals surface area (Å²) < 4.78 is 7.17. The van der Waals surface area contributed by atoms with E-state index >= 15 is 0 Å². The monoisotopic (exact) mass is 289 g/mol. The second-order valence-electron chi connectivity index (χ2n) is 5.46. The van der Waals surface area contributed by atoms with E-state index in [0.717, 1.165) is 17.2 Å². The normalized spacial score (nSPS) is 21.6. The molecule has 2 aromatic heterocycles.